The third-order valence-electron chi connectivity index (χ3n) is 5.45. The number of hydrogen-bond donors (Lipinski definition) is 1. The van der Waals surface area contributed by atoms with E-state index in [1.165, 1.54) is 0 Å². The molecule has 0 radical (unpaired) electrons. The number of nitrogens with zero attached hydrogens (tertiary/aromatic N) is 5. The molecule has 162 valence electrons. The van der Waals surface area contributed by atoms with Crippen molar-refractivity contribution in [2.45, 2.75) is 13.3 Å². The molecule has 31 heavy (non-hydrogen) atoms. The zero-order valence-electron chi connectivity index (χ0n) is 18.0. The Bertz CT molecular complexity index is 1110. The largest absolute Gasteiger partial charge is 0.493 e. The molecule has 3 heterocycles. The third-order valence-corrected chi connectivity index (χ3v) is 5.45. The van der Waals surface area contributed by atoms with E-state index in [-0.39, 0.29) is 11.9 Å². The topological polar surface area (TPSA) is 107 Å². The van der Waals surface area contributed by atoms with Crippen LogP contribution < -0.4 is 20.1 Å². The van der Waals surface area contributed by atoms with Gasteiger partial charge in [0.25, 0.3) is 0 Å². The van der Waals surface area contributed by atoms with Crippen LogP contribution in [-0.4, -0.2) is 66.2 Å². The van der Waals surface area contributed by atoms with E-state index in [4.69, 9.17) is 20.2 Å². The van der Waals surface area contributed by atoms with Gasteiger partial charge in [0.2, 0.25) is 11.9 Å². The summed E-state index contributed by atoms with van der Waals surface area (Å²) in [6.07, 6.45) is 0.514. The van der Waals surface area contributed by atoms with E-state index in [1.54, 1.807) is 14.2 Å². The number of nitrogen functional groups attached to an aromatic ring is 1. The Balaban J connectivity index is 1.71. The number of rotatable bonds is 5. The third kappa shape index (κ3) is 4.03. The summed E-state index contributed by atoms with van der Waals surface area (Å²) < 4.78 is 10.8. The minimum Gasteiger partial charge on any atom is -0.493 e. The normalized spacial score (nSPS) is 14.0. The molecule has 3 aromatic rings. The number of pyridine rings is 1. The van der Waals surface area contributed by atoms with Crippen molar-refractivity contribution in [2.75, 3.05) is 51.0 Å². The molecular formula is C22H26N6O3. The highest BCUT2D eigenvalue weighted by molar-refractivity contribution is 5.89. The standard InChI is InChI=1S/C22H26N6O3/c1-4-19(29)27-9-11-28(12-10-27)21-20-16(25-22(23)26-21)7-6-15(24-20)14-5-8-17(30-2)18(13-14)31-3/h5-8,13H,4,9-12H2,1-3H3,(H2,23,25,26). The molecule has 0 saturated carbocycles. The van der Waals surface area contributed by atoms with Crippen LogP contribution in [0, 0.1) is 0 Å². The second kappa shape index (κ2) is 8.63. The van der Waals surface area contributed by atoms with Crippen molar-refractivity contribution < 1.29 is 14.3 Å². The van der Waals surface area contributed by atoms with Gasteiger partial charge in [-0.25, -0.2) is 9.97 Å². The molecule has 1 aliphatic heterocycles. The molecule has 0 bridgehead atoms. The highest BCUT2D eigenvalue weighted by Crippen LogP contribution is 2.33. The SMILES string of the molecule is CCC(=O)N1CCN(c2nc(N)nc3ccc(-c4ccc(OC)c(OC)c4)nc23)CC1. The quantitative estimate of drug-likeness (QED) is 0.668. The molecule has 1 saturated heterocycles. The highest BCUT2D eigenvalue weighted by Gasteiger charge is 2.23. The molecule has 0 aliphatic carbocycles. The Hall–Kier alpha value is -3.62. The lowest BCUT2D eigenvalue weighted by molar-refractivity contribution is -0.131. The van der Waals surface area contributed by atoms with E-state index in [1.807, 2.05) is 42.2 Å². The van der Waals surface area contributed by atoms with Crippen molar-refractivity contribution in [1.29, 1.82) is 0 Å². The van der Waals surface area contributed by atoms with E-state index in [0.29, 0.717) is 61.0 Å². The summed E-state index contributed by atoms with van der Waals surface area (Å²) >= 11 is 0. The molecule has 0 unspecified atom stereocenters. The van der Waals surface area contributed by atoms with Gasteiger partial charge in [0.1, 0.15) is 5.52 Å². The number of carbonyl (C=O) groups is 1. The summed E-state index contributed by atoms with van der Waals surface area (Å²) in [4.78, 5) is 29.7. The Morgan fingerprint density at radius 2 is 1.74 bits per heavy atom. The van der Waals surface area contributed by atoms with Gasteiger partial charge in [-0.2, -0.15) is 4.98 Å². The molecule has 1 aliphatic rings. The second-order valence-corrected chi connectivity index (χ2v) is 7.26. The number of benzene rings is 1. The van der Waals surface area contributed by atoms with E-state index >= 15 is 0 Å². The maximum Gasteiger partial charge on any atom is 0.222 e. The van der Waals surface area contributed by atoms with Crippen LogP contribution in [-0.2, 0) is 4.79 Å². The maximum atomic E-state index is 12.0. The van der Waals surface area contributed by atoms with Gasteiger partial charge >= 0.3 is 0 Å². The van der Waals surface area contributed by atoms with Crippen LogP contribution in [0.1, 0.15) is 13.3 Å². The van der Waals surface area contributed by atoms with Gasteiger partial charge < -0.3 is 25.0 Å². The number of amides is 1. The van der Waals surface area contributed by atoms with Crippen LogP contribution in [0.25, 0.3) is 22.3 Å². The van der Waals surface area contributed by atoms with Crippen molar-refractivity contribution in [3.63, 3.8) is 0 Å². The van der Waals surface area contributed by atoms with Crippen LogP contribution in [0.5, 0.6) is 11.5 Å². The second-order valence-electron chi connectivity index (χ2n) is 7.26. The Labute approximate surface area is 180 Å². The molecule has 0 spiro atoms. The Morgan fingerprint density at radius 1 is 1.00 bits per heavy atom. The fraction of sp³-hybridized carbons (Fsp3) is 0.364. The monoisotopic (exact) mass is 422 g/mol. The molecule has 2 N–H and O–H groups in total. The predicted molar refractivity (Wildman–Crippen MR) is 119 cm³/mol. The molecule has 1 amide bonds. The molecule has 4 rings (SSSR count). The summed E-state index contributed by atoms with van der Waals surface area (Å²) in [7, 11) is 3.21. The first kappa shape index (κ1) is 20.6. The number of nitrogens with two attached hydrogens (primary N) is 1. The van der Waals surface area contributed by atoms with Gasteiger partial charge in [0.15, 0.2) is 17.3 Å². The molecule has 0 atom stereocenters. The zero-order chi connectivity index (χ0) is 22.0. The van der Waals surface area contributed by atoms with Crippen molar-refractivity contribution in [3.05, 3.63) is 30.3 Å². The fourth-order valence-corrected chi connectivity index (χ4v) is 3.78. The number of ether oxygens (including phenoxy) is 2. The van der Waals surface area contributed by atoms with Crippen LogP contribution in [0.2, 0.25) is 0 Å². The lowest BCUT2D eigenvalue weighted by Crippen LogP contribution is -2.49. The van der Waals surface area contributed by atoms with Crippen molar-refractivity contribution >= 4 is 28.7 Å². The molecule has 9 heteroatoms. The minimum atomic E-state index is 0.167. The van der Waals surface area contributed by atoms with Gasteiger partial charge in [-0.15, -0.1) is 0 Å². The fourth-order valence-electron chi connectivity index (χ4n) is 3.78. The summed E-state index contributed by atoms with van der Waals surface area (Å²) in [5, 5.41) is 0. The van der Waals surface area contributed by atoms with Crippen molar-refractivity contribution in [1.82, 2.24) is 19.9 Å². The van der Waals surface area contributed by atoms with Gasteiger partial charge in [-0.05, 0) is 30.3 Å². The number of methoxy groups -OCH3 is 2. The predicted octanol–water partition coefficient (Wildman–Crippen LogP) is 2.35. The average Bonchev–Trinajstić information content (AvgIpc) is 2.82. The lowest BCUT2D eigenvalue weighted by atomic mass is 10.1. The number of piperazine rings is 1. The number of anilines is 2. The lowest BCUT2D eigenvalue weighted by Gasteiger charge is -2.35. The van der Waals surface area contributed by atoms with Gasteiger partial charge in [0.05, 0.1) is 25.4 Å². The highest BCUT2D eigenvalue weighted by atomic mass is 16.5. The van der Waals surface area contributed by atoms with Gasteiger partial charge in [-0.3, -0.25) is 4.79 Å². The summed E-state index contributed by atoms with van der Waals surface area (Å²) in [5.74, 6) is 2.35. The van der Waals surface area contributed by atoms with Crippen molar-refractivity contribution in [2.24, 2.45) is 0 Å². The van der Waals surface area contributed by atoms with E-state index in [9.17, 15) is 4.79 Å². The first-order chi connectivity index (χ1) is 15.0. The Kier molecular flexibility index (Phi) is 5.75. The zero-order valence-corrected chi connectivity index (χ0v) is 18.0. The van der Waals surface area contributed by atoms with Gasteiger partial charge in [0, 0.05) is 38.2 Å². The van der Waals surface area contributed by atoms with Crippen molar-refractivity contribution in [3.8, 4) is 22.8 Å². The van der Waals surface area contributed by atoms with Gasteiger partial charge in [-0.1, -0.05) is 6.92 Å². The molecule has 9 nitrogen and oxygen atoms in total. The summed E-state index contributed by atoms with van der Waals surface area (Å²) in [6.45, 7) is 4.51. The molecule has 2 aromatic heterocycles. The minimum absolute atomic E-state index is 0.167. The first-order valence-corrected chi connectivity index (χ1v) is 10.2. The van der Waals surface area contributed by atoms with Crippen LogP contribution in [0.15, 0.2) is 30.3 Å². The number of aromatic nitrogens is 3. The van der Waals surface area contributed by atoms with Crippen LogP contribution in [0.3, 0.4) is 0 Å². The maximum absolute atomic E-state index is 12.0. The summed E-state index contributed by atoms with van der Waals surface area (Å²) in [6, 6.07) is 9.47. The van der Waals surface area contributed by atoms with E-state index < -0.39 is 0 Å². The van der Waals surface area contributed by atoms with Crippen LogP contribution >= 0.6 is 0 Å². The number of carbonyl (C=O) groups excluding carboxylic acids is 1. The first-order valence-electron chi connectivity index (χ1n) is 10.2. The van der Waals surface area contributed by atoms with E-state index in [0.717, 1.165) is 11.3 Å². The van der Waals surface area contributed by atoms with E-state index in [2.05, 4.69) is 14.9 Å². The number of hydrogen-bond acceptors (Lipinski definition) is 8. The van der Waals surface area contributed by atoms with Crippen LogP contribution in [0.4, 0.5) is 11.8 Å². The molecular weight excluding hydrogens is 396 g/mol. The molecule has 1 aromatic carbocycles. The Morgan fingerprint density at radius 3 is 2.42 bits per heavy atom. The average molecular weight is 422 g/mol. The number of fused-ring (bicyclic) bond motifs is 1. The smallest absolute Gasteiger partial charge is 0.222 e. The molecule has 1 fully saturated rings. The summed E-state index contributed by atoms with van der Waals surface area (Å²) in [5.41, 5.74) is 8.99.